The molecule has 0 amide bonds. The first-order chi connectivity index (χ1) is 11.9. The first-order valence-electron chi connectivity index (χ1n) is 8.15. The van der Waals surface area contributed by atoms with Crippen LogP contribution < -0.4 is 10.6 Å². The number of rotatable bonds is 7. The number of benzene rings is 1. The van der Waals surface area contributed by atoms with Crippen LogP contribution in [0.1, 0.15) is 24.3 Å². The monoisotopic (exact) mass is 367 g/mol. The molecule has 0 saturated carbocycles. The van der Waals surface area contributed by atoms with Crippen molar-refractivity contribution in [2.75, 3.05) is 19.6 Å². The number of hydrogen-bond acceptors (Lipinski definition) is 3. The van der Waals surface area contributed by atoms with Gasteiger partial charge in [-0.2, -0.15) is 0 Å². The Bertz CT molecular complexity index is 702. The van der Waals surface area contributed by atoms with E-state index in [0.29, 0.717) is 31.0 Å². The average Bonchev–Trinajstić information content (AvgIpc) is 3.12. The van der Waals surface area contributed by atoms with Crippen LogP contribution in [0.4, 0.5) is 8.78 Å². The van der Waals surface area contributed by atoms with Gasteiger partial charge in [0.05, 0.1) is 6.54 Å². The van der Waals surface area contributed by atoms with Crippen LogP contribution in [0.2, 0.25) is 0 Å². The van der Waals surface area contributed by atoms with Crippen LogP contribution in [0.25, 0.3) is 0 Å². The molecule has 0 saturated heterocycles. The number of aliphatic hydroxyl groups is 1. The zero-order valence-corrected chi connectivity index (χ0v) is 15.2. The maximum absolute atomic E-state index is 13.7. The van der Waals surface area contributed by atoms with Crippen molar-refractivity contribution in [3.05, 3.63) is 57.8 Å². The molecule has 1 heterocycles. The van der Waals surface area contributed by atoms with Gasteiger partial charge in [0, 0.05) is 18.0 Å². The van der Waals surface area contributed by atoms with Gasteiger partial charge in [0.1, 0.15) is 5.60 Å². The van der Waals surface area contributed by atoms with Crippen LogP contribution in [0.3, 0.4) is 0 Å². The molecule has 0 radical (unpaired) electrons. The second-order valence-electron chi connectivity index (χ2n) is 5.84. The zero-order chi connectivity index (χ0) is 18.3. The molecule has 1 aromatic carbocycles. The Morgan fingerprint density at radius 2 is 2.04 bits per heavy atom. The highest BCUT2D eigenvalue weighted by Gasteiger charge is 2.24. The van der Waals surface area contributed by atoms with E-state index in [1.165, 1.54) is 17.4 Å². The fraction of sp³-hybridized carbons (Fsp3) is 0.389. The lowest BCUT2D eigenvalue weighted by molar-refractivity contribution is 0.0711. The SMILES string of the molecule is CCNC(=NCC(C)(O)c1cccs1)NCCc1cccc(F)c1F. The van der Waals surface area contributed by atoms with Gasteiger partial charge in [-0.05, 0) is 43.3 Å². The van der Waals surface area contributed by atoms with Crippen molar-refractivity contribution in [3.63, 3.8) is 0 Å². The van der Waals surface area contributed by atoms with E-state index in [1.807, 2.05) is 24.4 Å². The first kappa shape index (κ1) is 19.3. The van der Waals surface area contributed by atoms with Crippen LogP contribution in [-0.2, 0) is 12.0 Å². The van der Waals surface area contributed by atoms with Crippen LogP contribution in [0.5, 0.6) is 0 Å². The van der Waals surface area contributed by atoms with E-state index in [-0.39, 0.29) is 6.54 Å². The summed E-state index contributed by atoms with van der Waals surface area (Å²) in [5, 5.41) is 18.6. The predicted octanol–water partition coefficient (Wildman–Crippen LogP) is 3.03. The number of nitrogens with zero attached hydrogens (tertiary/aromatic N) is 1. The van der Waals surface area contributed by atoms with E-state index in [0.717, 1.165) is 10.9 Å². The van der Waals surface area contributed by atoms with Gasteiger partial charge < -0.3 is 15.7 Å². The molecule has 0 aliphatic heterocycles. The number of aliphatic imine (C=N–C) groups is 1. The van der Waals surface area contributed by atoms with E-state index < -0.39 is 17.2 Å². The molecule has 0 bridgehead atoms. The Labute approximate surface area is 150 Å². The summed E-state index contributed by atoms with van der Waals surface area (Å²) in [7, 11) is 0. The highest BCUT2D eigenvalue weighted by molar-refractivity contribution is 7.10. The smallest absolute Gasteiger partial charge is 0.191 e. The summed E-state index contributed by atoms with van der Waals surface area (Å²) in [5.41, 5.74) is -0.737. The molecule has 0 aliphatic rings. The molecular weight excluding hydrogens is 344 g/mol. The van der Waals surface area contributed by atoms with Crippen LogP contribution >= 0.6 is 11.3 Å². The molecule has 0 aliphatic carbocycles. The van der Waals surface area contributed by atoms with Gasteiger partial charge in [-0.25, -0.2) is 13.8 Å². The maximum atomic E-state index is 13.7. The summed E-state index contributed by atoms with van der Waals surface area (Å²) in [5.74, 6) is -1.13. The summed E-state index contributed by atoms with van der Waals surface area (Å²) in [6.07, 6.45) is 0.329. The lowest BCUT2D eigenvalue weighted by atomic mass is 10.1. The quantitative estimate of drug-likeness (QED) is 0.521. The summed E-state index contributed by atoms with van der Waals surface area (Å²) >= 11 is 1.48. The molecule has 3 N–H and O–H groups in total. The molecule has 4 nitrogen and oxygen atoms in total. The number of halogens is 2. The predicted molar refractivity (Wildman–Crippen MR) is 97.9 cm³/mol. The highest BCUT2D eigenvalue weighted by atomic mass is 32.1. The van der Waals surface area contributed by atoms with E-state index >= 15 is 0 Å². The molecule has 2 rings (SSSR count). The Kier molecular flexibility index (Phi) is 6.90. The minimum absolute atomic E-state index is 0.192. The Hall–Kier alpha value is -1.99. The molecular formula is C18H23F2N3OS. The molecule has 25 heavy (non-hydrogen) atoms. The molecule has 0 fully saturated rings. The van der Waals surface area contributed by atoms with Gasteiger partial charge in [0.15, 0.2) is 17.6 Å². The molecule has 0 spiro atoms. The van der Waals surface area contributed by atoms with E-state index in [1.54, 1.807) is 13.0 Å². The second-order valence-corrected chi connectivity index (χ2v) is 6.78. The van der Waals surface area contributed by atoms with E-state index in [4.69, 9.17) is 0 Å². The van der Waals surface area contributed by atoms with Crippen LogP contribution in [0.15, 0.2) is 40.7 Å². The standard InChI is InChI=1S/C18H23F2N3OS/c1-3-21-17(23-12-18(2,24)15-8-5-11-25-15)22-10-9-13-6-4-7-14(19)16(13)20/h4-8,11,24H,3,9-10,12H2,1-2H3,(H2,21,22,23). The number of hydrogen-bond donors (Lipinski definition) is 3. The van der Waals surface area contributed by atoms with E-state index in [9.17, 15) is 13.9 Å². The number of thiophene rings is 1. The summed E-state index contributed by atoms with van der Waals surface area (Å²) in [4.78, 5) is 5.24. The number of nitrogens with one attached hydrogen (secondary N) is 2. The molecule has 1 unspecified atom stereocenters. The molecule has 136 valence electrons. The van der Waals surface area contributed by atoms with Crippen molar-refractivity contribution in [1.29, 1.82) is 0 Å². The first-order valence-corrected chi connectivity index (χ1v) is 9.03. The zero-order valence-electron chi connectivity index (χ0n) is 14.4. The molecule has 1 aromatic heterocycles. The number of guanidine groups is 1. The van der Waals surface area contributed by atoms with Gasteiger partial charge in [0.2, 0.25) is 0 Å². The lowest BCUT2D eigenvalue weighted by Gasteiger charge is -2.20. The van der Waals surface area contributed by atoms with E-state index in [2.05, 4.69) is 15.6 Å². The molecule has 2 aromatic rings. The Morgan fingerprint density at radius 3 is 2.72 bits per heavy atom. The van der Waals surface area contributed by atoms with Crippen LogP contribution in [0, 0.1) is 11.6 Å². The largest absolute Gasteiger partial charge is 0.383 e. The normalized spacial score (nSPS) is 14.2. The van der Waals surface area contributed by atoms with Crippen molar-refractivity contribution in [3.8, 4) is 0 Å². The Balaban J connectivity index is 1.95. The van der Waals surface area contributed by atoms with Gasteiger partial charge in [0.25, 0.3) is 0 Å². The van der Waals surface area contributed by atoms with Gasteiger partial charge >= 0.3 is 0 Å². The maximum Gasteiger partial charge on any atom is 0.191 e. The third kappa shape index (κ3) is 5.51. The van der Waals surface area contributed by atoms with Crippen molar-refractivity contribution in [1.82, 2.24) is 10.6 Å². The average molecular weight is 367 g/mol. The lowest BCUT2D eigenvalue weighted by Crippen LogP contribution is -2.39. The summed E-state index contributed by atoms with van der Waals surface area (Å²) < 4.78 is 26.9. The van der Waals surface area contributed by atoms with Gasteiger partial charge in [-0.3, -0.25) is 0 Å². The second kappa shape index (κ2) is 8.92. The van der Waals surface area contributed by atoms with Crippen molar-refractivity contribution < 1.29 is 13.9 Å². The Morgan fingerprint density at radius 1 is 1.24 bits per heavy atom. The van der Waals surface area contributed by atoms with Crippen LogP contribution in [-0.4, -0.2) is 30.7 Å². The minimum Gasteiger partial charge on any atom is -0.383 e. The minimum atomic E-state index is -1.05. The highest BCUT2D eigenvalue weighted by Crippen LogP contribution is 2.25. The van der Waals surface area contributed by atoms with Gasteiger partial charge in [-0.15, -0.1) is 11.3 Å². The van der Waals surface area contributed by atoms with Crippen molar-refractivity contribution >= 4 is 17.3 Å². The summed E-state index contributed by atoms with van der Waals surface area (Å²) in [6.45, 7) is 4.89. The fourth-order valence-corrected chi connectivity index (χ4v) is 3.07. The topological polar surface area (TPSA) is 56.7 Å². The molecule has 1 atom stereocenters. The molecule has 7 heteroatoms. The third-order valence-electron chi connectivity index (χ3n) is 3.66. The van der Waals surface area contributed by atoms with Crippen molar-refractivity contribution in [2.24, 2.45) is 4.99 Å². The van der Waals surface area contributed by atoms with Gasteiger partial charge in [-0.1, -0.05) is 18.2 Å². The summed E-state index contributed by atoms with van der Waals surface area (Å²) in [6, 6.07) is 7.91. The van der Waals surface area contributed by atoms with Crippen molar-refractivity contribution in [2.45, 2.75) is 25.9 Å². The fourth-order valence-electron chi connectivity index (χ4n) is 2.29. The third-order valence-corrected chi connectivity index (χ3v) is 4.78.